The highest BCUT2D eigenvalue weighted by atomic mass is 16.7. The maximum absolute atomic E-state index is 9.91. The molecule has 0 bridgehead atoms. The van der Waals surface area contributed by atoms with E-state index in [0.717, 1.165) is 22.6 Å². The molecule has 25 heavy (non-hydrogen) atoms. The van der Waals surface area contributed by atoms with Gasteiger partial charge in [-0.2, -0.15) is 0 Å². The van der Waals surface area contributed by atoms with E-state index in [0.29, 0.717) is 5.75 Å². The van der Waals surface area contributed by atoms with E-state index in [2.05, 4.69) is 6.92 Å². The Morgan fingerprint density at radius 1 is 1.04 bits per heavy atom. The number of hydrogen-bond acceptors (Lipinski definition) is 5. The highest BCUT2D eigenvalue weighted by Crippen LogP contribution is 2.42. The lowest BCUT2D eigenvalue weighted by Crippen LogP contribution is -2.21. The van der Waals surface area contributed by atoms with Gasteiger partial charge in [0.05, 0.1) is 7.11 Å². The minimum Gasteiger partial charge on any atom is -0.504 e. The molecule has 0 aliphatic carbocycles. The second-order valence-electron chi connectivity index (χ2n) is 6.54. The van der Waals surface area contributed by atoms with Crippen LogP contribution in [0.1, 0.15) is 30.9 Å². The maximum atomic E-state index is 9.91. The standard InChI is InChI=1S/C20H24O5/c1-12(10-21)13(2)20(14-4-6-16(22)18(8-14)23-3)15-5-7-17-19(9-15)25-11-24-17/h4-9,12-13,20-22H,10-11H2,1-3H3. The zero-order valence-electron chi connectivity index (χ0n) is 14.7. The molecule has 1 aliphatic heterocycles. The van der Waals surface area contributed by atoms with Crippen molar-refractivity contribution in [3.63, 3.8) is 0 Å². The van der Waals surface area contributed by atoms with Gasteiger partial charge in [0, 0.05) is 12.5 Å². The van der Waals surface area contributed by atoms with E-state index in [9.17, 15) is 10.2 Å². The molecule has 5 heteroatoms. The first kappa shape index (κ1) is 17.4. The SMILES string of the molecule is COc1cc(C(c2ccc3c(c2)OCO3)C(C)C(C)CO)ccc1O. The van der Waals surface area contributed by atoms with Crippen LogP contribution in [0.3, 0.4) is 0 Å². The van der Waals surface area contributed by atoms with Gasteiger partial charge in [0.2, 0.25) is 6.79 Å². The molecule has 0 aromatic heterocycles. The smallest absolute Gasteiger partial charge is 0.231 e. The van der Waals surface area contributed by atoms with Crippen LogP contribution in [0.2, 0.25) is 0 Å². The second kappa shape index (κ2) is 7.23. The number of aliphatic hydroxyl groups is 1. The molecule has 2 N–H and O–H groups in total. The van der Waals surface area contributed by atoms with Gasteiger partial charge >= 0.3 is 0 Å². The quantitative estimate of drug-likeness (QED) is 0.839. The lowest BCUT2D eigenvalue weighted by atomic mass is 9.76. The lowest BCUT2D eigenvalue weighted by molar-refractivity contribution is 0.173. The number of fused-ring (bicyclic) bond motifs is 1. The van der Waals surface area contributed by atoms with Crippen LogP contribution in [-0.4, -0.2) is 30.7 Å². The van der Waals surface area contributed by atoms with Crippen LogP contribution in [0.4, 0.5) is 0 Å². The van der Waals surface area contributed by atoms with Crippen LogP contribution < -0.4 is 14.2 Å². The number of phenolic OH excluding ortho intramolecular Hbond substituents is 1. The third kappa shape index (κ3) is 3.37. The molecule has 3 atom stereocenters. The monoisotopic (exact) mass is 344 g/mol. The molecule has 3 rings (SSSR count). The zero-order chi connectivity index (χ0) is 18.0. The van der Waals surface area contributed by atoms with Crippen molar-refractivity contribution in [1.82, 2.24) is 0 Å². The summed E-state index contributed by atoms with van der Waals surface area (Å²) in [6, 6.07) is 11.3. The Balaban J connectivity index is 2.06. The average Bonchev–Trinajstić information content (AvgIpc) is 3.10. The number of benzene rings is 2. The summed E-state index contributed by atoms with van der Waals surface area (Å²) in [6.07, 6.45) is 0. The number of aromatic hydroxyl groups is 1. The first-order valence-corrected chi connectivity index (χ1v) is 8.42. The Labute approximate surface area is 147 Å². The average molecular weight is 344 g/mol. The number of phenols is 1. The Kier molecular flexibility index (Phi) is 5.04. The van der Waals surface area contributed by atoms with Gasteiger partial charge in [0.25, 0.3) is 0 Å². The molecule has 0 saturated carbocycles. The van der Waals surface area contributed by atoms with Crippen molar-refractivity contribution < 1.29 is 24.4 Å². The fourth-order valence-corrected chi connectivity index (χ4v) is 3.29. The summed E-state index contributed by atoms with van der Waals surface area (Å²) < 4.78 is 16.2. The zero-order valence-corrected chi connectivity index (χ0v) is 14.7. The van der Waals surface area contributed by atoms with Gasteiger partial charge in [-0.1, -0.05) is 26.0 Å². The van der Waals surface area contributed by atoms with Crippen molar-refractivity contribution in [2.24, 2.45) is 11.8 Å². The van der Waals surface area contributed by atoms with Gasteiger partial charge < -0.3 is 24.4 Å². The van der Waals surface area contributed by atoms with E-state index in [1.54, 1.807) is 6.07 Å². The van der Waals surface area contributed by atoms with Crippen molar-refractivity contribution in [2.75, 3.05) is 20.5 Å². The maximum Gasteiger partial charge on any atom is 0.231 e. The molecule has 3 unspecified atom stereocenters. The summed E-state index contributed by atoms with van der Waals surface area (Å²) in [4.78, 5) is 0. The van der Waals surface area contributed by atoms with E-state index in [4.69, 9.17) is 14.2 Å². The van der Waals surface area contributed by atoms with Crippen molar-refractivity contribution in [3.05, 3.63) is 47.5 Å². The topological polar surface area (TPSA) is 68.2 Å². The minimum atomic E-state index is 0.0196. The van der Waals surface area contributed by atoms with Gasteiger partial charge in [-0.25, -0.2) is 0 Å². The number of ether oxygens (including phenoxy) is 3. The van der Waals surface area contributed by atoms with Crippen LogP contribution in [0.5, 0.6) is 23.0 Å². The van der Waals surface area contributed by atoms with Gasteiger partial charge in [-0.05, 0) is 47.2 Å². The Bertz CT molecular complexity index is 732. The van der Waals surface area contributed by atoms with Crippen molar-refractivity contribution in [3.8, 4) is 23.0 Å². The molecule has 1 aliphatic rings. The fourth-order valence-electron chi connectivity index (χ4n) is 3.29. The third-order valence-corrected chi connectivity index (χ3v) is 5.03. The predicted octanol–water partition coefficient (Wildman–Crippen LogP) is 3.53. The number of aliphatic hydroxyl groups excluding tert-OH is 1. The molecule has 2 aromatic carbocycles. The summed E-state index contributed by atoms with van der Waals surface area (Å²) in [7, 11) is 1.54. The molecular formula is C20H24O5. The van der Waals surface area contributed by atoms with E-state index in [1.807, 2.05) is 37.3 Å². The Morgan fingerprint density at radius 2 is 1.72 bits per heavy atom. The molecule has 0 amide bonds. The van der Waals surface area contributed by atoms with E-state index in [-0.39, 0.29) is 36.9 Å². The van der Waals surface area contributed by atoms with Gasteiger partial charge in [-0.15, -0.1) is 0 Å². The first-order chi connectivity index (χ1) is 12.0. The molecule has 0 radical (unpaired) electrons. The van der Waals surface area contributed by atoms with Crippen molar-refractivity contribution >= 4 is 0 Å². The molecule has 2 aromatic rings. The molecule has 0 fully saturated rings. The van der Waals surface area contributed by atoms with E-state index >= 15 is 0 Å². The highest BCUT2D eigenvalue weighted by molar-refractivity contribution is 5.50. The number of rotatable bonds is 6. The Morgan fingerprint density at radius 3 is 2.44 bits per heavy atom. The molecule has 0 saturated heterocycles. The summed E-state index contributed by atoms with van der Waals surface area (Å²) in [5.41, 5.74) is 2.09. The normalized spacial score (nSPS) is 16.3. The molecule has 1 heterocycles. The van der Waals surface area contributed by atoms with Crippen LogP contribution in [0.25, 0.3) is 0 Å². The first-order valence-electron chi connectivity index (χ1n) is 8.42. The van der Waals surface area contributed by atoms with Crippen LogP contribution in [-0.2, 0) is 0 Å². The molecule has 5 nitrogen and oxygen atoms in total. The molecule has 134 valence electrons. The highest BCUT2D eigenvalue weighted by Gasteiger charge is 2.28. The molecular weight excluding hydrogens is 320 g/mol. The summed E-state index contributed by atoms with van der Waals surface area (Å²) in [5.74, 6) is 2.32. The largest absolute Gasteiger partial charge is 0.504 e. The van der Waals surface area contributed by atoms with Crippen LogP contribution >= 0.6 is 0 Å². The van der Waals surface area contributed by atoms with Crippen molar-refractivity contribution in [1.29, 1.82) is 0 Å². The number of methoxy groups -OCH3 is 1. The van der Waals surface area contributed by atoms with Crippen LogP contribution in [0.15, 0.2) is 36.4 Å². The van der Waals surface area contributed by atoms with Crippen LogP contribution in [0, 0.1) is 11.8 Å². The van der Waals surface area contributed by atoms with E-state index < -0.39 is 0 Å². The number of hydrogen-bond donors (Lipinski definition) is 2. The lowest BCUT2D eigenvalue weighted by Gasteiger charge is -2.29. The third-order valence-electron chi connectivity index (χ3n) is 5.03. The van der Waals surface area contributed by atoms with Gasteiger partial charge in [0.15, 0.2) is 23.0 Å². The van der Waals surface area contributed by atoms with E-state index in [1.165, 1.54) is 7.11 Å². The minimum absolute atomic E-state index is 0.0196. The molecule has 0 spiro atoms. The second-order valence-corrected chi connectivity index (χ2v) is 6.54. The van der Waals surface area contributed by atoms with Gasteiger partial charge in [-0.3, -0.25) is 0 Å². The van der Waals surface area contributed by atoms with Crippen molar-refractivity contribution in [2.45, 2.75) is 19.8 Å². The van der Waals surface area contributed by atoms with Gasteiger partial charge in [0.1, 0.15) is 0 Å². The fraction of sp³-hybridized carbons (Fsp3) is 0.400. The summed E-state index contributed by atoms with van der Waals surface area (Å²) in [6.45, 7) is 4.49. The summed E-state index contributed by atoms with van der Waals surface area (Å²) in [5, 5.41) is 19.5. The Hall–Kier alpha value is -2.40. The summed E-state index contributed by atoms with van der Waals surface area (Å²) >= 11 is 0. The predicted molar refractivity (Wildman–Crippen MR) is 94.5 cm³/mol.